The van der Waals surface area contributed by atoms with Gasteiger partial charge in [0.2, 0.25) is 0 Å². The van der Waals surface area contributed by atoms with Crippen molar-refractivity contribution in [1.29, 1.82) is 0 Å². The van der Waals surface area contributed by atoms with Crippen LogP contribution in [0, 0.1) is 6.92 Å². The molecule has 0 aliphatic carbocycles. The van der Waals surface area contributed by atoms with Gasteiger partial charge in [-0.05, 0) is 6.92 Å². The maximum atomic E-state index is 5.77. The number of hydrogen-bond acceptors (Lipinski definition) is 6. The van der Waals surface area contributed by atoms with Gasteiger partial charge >= 0.3 is 0 Å². The summed E-state index contributed by atoms with van der Waals surface area (Å²) < 4.78 is 0. The van der Waals surface area contributed by atoms with Crippen molar-refractivity contribution in [3.8, 4) is 0 Å². The third-order valence-corrected chi connectivity index (χ3v) is 3.15. The van der Waals surface area contributed by atoms with Gasteiger partial charge in [-0.1, -0.05) is 11.6 Å². The number of aryl methyl sites for hydroxylation is 1. The second-order valence-corrected chi connectivity index (χ2v) is 4.80. The Morgan fingerprint density at radius 1 is 1.44 bits per heavy atom. The molecule has 2 rings (SSSR count). The lowest BCUT2D eigenvalue weighted by molar-refractivity contribution is 1.10. The number of nitrogens with zero attached hydrogens (tertiary/aromatic N) is 3. The van der Waals surface area contributed by atoms with E-state index >= 15 is 0 Å². The van der Waals surface area contributed by atoms with Crippen LogP contribution in [0.2, 0.25) is 5.15 Å². The minimum Gasteiger partial charge on any atom is -0.393 e. The lowest BCUT2D eigenvalue weighted by Gasteiger charge is -2.06. The Kier molecular flexibility index (Phi) is 3.21. The van der Waals surface area contributed by atoms with Crippen molar-refractivity contribution < 1.29 is 0 Å². The highest BCUT2D eigenvalue weighted by atomic mass is 35.5. The van der Waals surface area contributed by atoms with Crippen LogP contribution in [-0.2, 0) is 6.54 Å². The molecule has 16 heavy (non-hydrogen) atoms. The van der Waals surface area contributed by atoms with Crippen LogP contribution in [0.1, 0.15) is 9.88 Å². The first-order valence-electron chi connectivity index (χ1n) is 4.58. The van der Waals surface area contributed by atoms with Gasteiger partial charge in [-0.3, -0.25) is 0 Å². The molecule has 7 heteroatoms. The molecule has 84 valence electrons. The van der Waals surface area contributed by atoms with Crippen LogP contribution in [0.25, 0.3) is 0 Å². The van der Waals surface area contributed by atoms with Gasteiger partial charge in [-0.15, -0.1) is 11.3 Å². The monoisotopic (exact) mass is 255 g/mol. The number of nitrogen functional groups attached to an aromatic ring is 1. The lowest BCUT2D eigenvalue weighted by Crippen LogP contribution is -2.04. The Labute approximate surface area is 102 Å². The summed E-state index contributed by atoms with van der Waals surface area (Å²) in [7, 11) is 0. The number of thiazole rings is 1. The van der Waals surface area contributed by atoms with Gasteiger partial charge < -0.3 is 11.1 Å². The first kappa shape index (κ1) is 11.1. The molecule has 5 nitrogen and oxygen atoms in total. The fourth-order valence-corrected chi connectivity index (χ4v) is 2.04. The quantitative estimate of drug-likeness (QED) is 0.822. The van der Waals surface area contributed by atoms with E-state index in [0.29, 0.717) is 18.1 Å². The molecule has 0 aromatic carbocycles. The maximum Gasteiger partial charge on any atom is 0.157 e. The van der Waals surface area contributed by atoms with E-state index in [1.807, 2.05) is 13.1 Å². The molecular weight excluding hydrogens is 246 g/mol. The molecule has 0 saturated carbocycles. The molecule has 0 radical (unpaired) electrons. The van der Waals surface area contributed by atoms with Crippen LogP contribution in [0.3, 0.4) is 0 Å². The SMILES string of the molecule is Cc1ncc(CNc2ncnc(Cl)c2N)s1. The van der Waals surface area contributed by atoms with E-state index in [4.69, 9.17) is 17.3 Å². The van der Waals surface area contributed by atoms with Gasteiger partial charge in [-0.25, -0.2) is 15.0 Å². The standard InChI is InChI=1S/C9H10ClN5S/c1-5-12-2-6(16-5)3-13-9-7(11)8(10)14-4-15-9/h2,4H,3,11H2,1H3,(H,13,14,15). The van der Waals surface area contributed by atoms with Crippen molar-refractivity contribution in [3.05, 3.63) is 27.6 Å². The molecule has 0 amide bonds. The number of hydrogen-bond donors (Lipinski definition) is 2. The summed E-state index contributed by atoms with van der Waals surface area (Å²) in [5, 5.41) is 4.39. The summed E-state index contributed by atoms with van der Waals surface area (Å²) in [4.78, 5) is 13.1. The Morgan fingerprint density at radius 3 is 2.94 bits per heavy atom. The van der Waals surface area contributed by atoms with Crippen LogP contribution in [-0.4, -0.2) is 15.0 Å². The van der Waals surface area contributed by atoms with Crippen molar-refractivity contribution in [2.75, 3.05) is 11.1 Å². The second-order valence-electron chi connectivity index (χ2n) is 3.13. The average Bonchev–Trinajstić information content (AvgIpc) is 2.67. The van der Waals surface area contributed by atoms with Crippen molar-refractivity contribution >= 4 is 34.4 Å². The number of anilines is 2. The van der Waals surface area contributed by atoms with Gasteiger partial charge in [0.05, 0.1) is 11.6 Å². The summed E-state index contributed by atoms with van der Waals surface area (Å²) in [6, 6.07) is 0. The van der Waals surface area contributed by atoms with Crippen molar-refractivity contribution in [1.82, 2.24) is 15.0 Å². The fraction of sp³-hybridized carbons (Fsp3) is 0.222. The molecule has 0 atom stereocenters. The zero-order chi connectivity index (χ0) is 11.5. The zero-order valence-electron chi connectivity index (χ0n) is 8.57. The van der Waals surface area contributed by atoms with Gasteiger partial charge in [0.25, 0.3) is 0 Å². The first-order chi connectivity index (χ1) is 7.66. The van der Waals surface area contributed by atoms with Gasteiger partial charge in [0.15, 0.2) is 11.0 Å². The zero-order valence-corrected chi connectivity index (χ0v) is 10.1. The summed E-state index contributed by atoms with van der Waals surface area (Å²) in [6.45, 7) is 2.59. The third-order valence-electron chi connectivity index (χ3n) is 1.93. The van der Waals surface area contributed by atoms with E-state index in [9.17, 15) is 0 Å². The van der Waals surface area contributed by atoms with Crippen LogP contribution in [0.4, 0.5) is 11.5 Å². The minimum absolute atomic E-state index is 0.262. The van der Waals surface area contributed by atoms with Gasteiger partial charge in [0, 0.05) is 11.1 Å². The average molecular weight is 256 g/mol. The summed E-state index contributed by atoms with van der Waals surface area (Å²) in [5.41, 5.74) is 6.09. The predicted octanol–water partition coefficient (Wildman–Crippen LogP) is 2.09. The number of nitrogens with two attached hydrogens (primary N) is 1. The fourth-order valence-electron chi connectivity index (χ4n) is 1.17. The first-order valence-corrected chi connectivity index (χ1v) is 5.77. The number of halogens is 1. The number of rotatable bonds is 3. The van der Waals surface area contributed by atoms with Crippen LogP contribution >= 0.6 is 22.9 Å². The summed E-state index contributed by atoms with van der Waals surface area (Å²) >= 11 is 7.40. The molecule has 0 aliphatic heterocycles. The van der Waals surface area contributed by atoms with E-state index in [2.05, 4.69) is 20.3 Å². The smallest absolute Gasteiger partial charge is 0.157 e. The van der Waals surface area contributed by atoms with Crippen LogP contribution in [0.15, 0.2) is 12.5 Å². The van der Waals surface area contributed by atoms with E-state index in [-0.39, 0.29) is 5.15 Å². The highest BCUT2D eigenvalue weighted by molar-refractivity contribution is 7.11. The van der Waals surface area contributed by atoms with E-state index in [1.54, 1.807) is 11.3 Å². The highest BCUT2D eigenvalue weighted by Crippen LogP contribution is 2.23. The molecule has 0 saturated heterocycles. The van der Waals surface area contributed by atoms with Crippen LogP contribution in [0.5, 0.6) is 0 Å². The lowest BCUT2D eigenvalue weighted by atomic mass is 10.4. The van der Waals surface area contributed by atoms with Crippen molar-refractivity contribution in [2.24, 2.45) is 0 Å². The molecule has 2 heterocycles. The molecular formula is C9H10ClN5S. The summed E-state index contributed by atoms with van der Waals surface area (Å²) in [6.07, 6.45) is 3.20. The molecule has 0 spiro atoms. The molecule has 0 aliphatic rings. The van der Waals surface area contributed by atoms with E-state index in [0.717, 1.165) is 9.88 Å². The van der Waals surface area contributed by atoms with Gasteiger partial charge in [-0.2, -0.15) is 0 Å². The summed E-state index contributed by atoms with van der Waals surface area (Å²) in [5.74, 6) is 0.547. The number of nitrogens with one attached hydrogen (secondary N) is 1. The third kappa shape index (κ3) is 2.40. The largest absolute Gasteiger partial charge is 0.393 e. The maximum absolute atomic E-state index is 5.77. The van der Waals surface area contributed by atoms with E-state index in [1.165, 1.54) is 6.33 Å². The topological polar surface area (TPSA) is 76.7 Å². The Bertz CT molecular complexity index is 498. The van der Waals surface area contributed by atoms with E-state index < -0.39 is 0 Å². The molecule has 2 aromatic rings. The van der Waals surface area contributed by atoms with Crippen molar-refractivity contribution in [2.45, 2.75) is 13.5 Å². The normalized spacial score (nSPS) is 10.4. The Morgan fingerprint density at radius 2 is 2.25 bits per heavy atom. The minimum atomic E-state index is 0.262. The Balaban J connectivity index is 2.07. The van der Waals surface area contributed by atoms with Crippen LogP contribution < -0.4 is 11.1 Å². The van der Waals surface area contributed by atoms with Crippen molar-refractivity contribution in [3.63, 3.8) is 0 Å². The molecule has 2 aromatic heterocycles. The second kappa shape index (κ2) is 4.63. The predicted molar refractivity (Wildman–Crippen MR) is 65.6 cm³/mol. The van der Waals surface area contributed by atoms with Gasteiger partial charge in [0.1, 0.15) is 12.0 Å². The molecule has 0 fully saturated rings. The highest BCUT2D eigenvalue weighted by Gasteiger charge is 2.06. The molecule has 0 unspecified atom stereocenters. The number of aromatic nitrogens is 3. The molecule has 3 N–H and O–H groups in total. The molecule has 0 bridgehead atoms. The Hall–Kier alpha value is -1.40.